The van der Waals surface area contributed by atoms with E-state index < -0.39 is 0 Å². The predicted octanol–water partition coefficient (Wildman–Crippen LogP) is 2.30. The minimum Gasteiger partial charge on any atom is -0.484 e. The molecule has 2 aromatic rings. The molecule has 1 aliphatic heterocycles. The summed E-state index contributed by atoms with van der Waals surface area (Å²) in [4.78, 5) is 28.2. The zero-order valence-corrected chi connectivity index (χ0v) is 15.9. The van der Waals surface area contributed by atoms with Crippen molar-refractivity contribution in [1.82, 2.24) is 9.80 Å². The highest BCUT2D eigenvalue weighted by atomic mass is 19.1. The van der Waals surface area contributed by atoms with Crippen molar-refractivity contribution in [1.29, 1.82) is 0 Å². The van der Waals surface area contributed by atoms with Crippen molar-refractivity contribution < 1.29 is 18.7 Å². The minimum atomic E-state index is -0.346. The third-order valence-electron chi connectivity index (χ3n) is 4.60. The smallest absolute Gasteiger partial charge is 0.260 e. The number of rotatable bonds is 6. The number of hydrogen-bond acceptors (Lipinski definition) is 4. The van der Waals surface area contributed by atoms with E-state index in [9.17, 15) is 14.0 Å². The molecule has 0 radical (unpaired) electrons. The maximum Gasteiger partial charge on any atom is 0.260 e. The van der Waals surface area contributed by atoms with Crippen LogP contribution in [0.25, 0.3) is 0 Å². The van der Waals surface area contributed by atoms with Gasteiger partial charge in [-0.3, -0.25) is 14.5 Å². The van der Waals surface area contributed by atoms with Crippen LogP contribution in [0.5, 0.6) is 5.75 Å². The Bertz CT molecular complexity index is 801. The number of ether oxygens (including phenoxy) is 1. The van der Waals surface area contributed by atoms with Gasteiger partial charge in [-0.1, -0.05) is 17.7 Å². The van der Waals surface area contributed by atoms with Crippen LogP contribution in [0.2, 0.25) is 0 Å². The number of nitrogens with one attached hydrogen (secondary N) is 1. The van der Waals surface area contributed by atoms with Crippen LogP contribution in [-0.4, -0.2) is 60.9 Å². The number of amides is 2. The lowest BCUT2D eigenvalue weighted by Gasteiger charge is -2.34. The van der Waals surface area contributed by atoms with Crippen LogP contribution in [0.1, 0.15) is 5.56 Å². The average Bonchev–Trinajstić information content (AvgIpc) is 2.69. The molecular weight excluding hydrogens is 361 g/mol. The van der Waals surface area contributed by atoms with E-state index in [2.05, 4.69) is 5.32 Å². The first kappa shape index (κ1) is 19.8. The Morgan fingerprint density at radius 1 is 1.00 bits per heavy atom. The highest BCUT2D eigenvalue weighted by molar-refractivity contribution is 5.92. The molecule has 1 saturated heterocycles. The Hall–Kier alpha value is -2.93. The van der Waals surface area contributed by atoms with Gasteiger partial charge in [-0.2, -0.15) is 0 Å². The Morgan fingerprint density at radius 2 is 1.64 bits per heavy atom. The maximum absolute atomic E-state index is 12.9. The van der Waals surface area contributed by atoms with Crippen LogP contribution in [0.4, 0.5) is 10.1 Å². The van der Waals surface area contributed by atoms with Gasteiger partial charge >= 0.3 is 0 Å². The van der Waals surface area contributed by atoms with Crippen LogP contribution in [-0.2, 0) is 9.59 Å². The Kier molecular flexibility index (Phi) is 6.60. The molecule has 148 valence electrons. The molecule has 0 aromatic heterocycles. The Morgan fingerprint density at radius 3 is 2.29 bits per heavy atom. The maximum atomic E-state index is 12.9. The number of hydrogen-bond donors (Lipinski definition) is 1. The lowest BCUT2D eigenvalue weighted by molar-refractivity contribution is -0.135. The fraction of sp³-hybridized carbons (Fsp3) is 0.333. The number of halogens is 1. The summed E-state index contributed by atoms with van der Waals surface area (Å²) in [5.74, 6) is -0.0706. The van der Waals surface area contributed by atoms with Crippen LogP contribution in [0, 0.1) is 12.7 Å². The second kappa shape index (κ2) is 9.32. The van der Waals surface area contributed by atoms with E-state index in [4.69, 9.17) is 4.74 Å². The van der Waals surface area contributed by atoms with Crippen molar-refractivity contribution in [3.63, 3.8) is 0 Å². The molecule has 0 unspecified atom stereocenters. The molecule has 0 spiro atoms. The summed E-state index contributed by atoms with van der Waals surface area (Å²) in [7, 11) is 0. The first-order valence-electron chi connectivity index (χ1n) is 9.24. The van der Waals surface area contributed by atoms with Gasteiger partial charge in [0, 0.05) is 31.9 Å². The summed E-state index contributed by atoms with van der Waals surface area (Å²) in [5, 5.41) is 2.88. The molecule has 6 nitrogen and oxygen atoms in total. The first-order valence-corrected chi connectivity index (χ1v) is 9.24. The van der Waals surface area contributed by atoms with E-state index in [-0.39, 0.29) is 24.2 Å². The Balaban J connectivity index is 1.38. The fourth-order valence-corrected chi connectivity index (χ4v) is 2.96. The summed E-state index contributed by atoms with van der Waals surface area (Å²) in [5.41, 5.74) is 1.92. The zero-order chi connectivity index (χ0) is 19.9. The molecule has 7 heteroatoms. The van der Waals surface area contributed by atoms with Gasteiger partial charge in [-0.25, -0.2) is 4.39 Å². The lowest BCUT2D eigenvalue weighted by Crippen LogP contribution is -2.51. The van der Waals surface area contributed by atoms with Crippen LogP contribution in [0.15, 0.2) is 48.5 Å². The minimum absolute atomic E-state index is 0.0664. The summed E-state index contributed by atoms with van der Waals surface area (Å²) in [6.07, 6.45) is 0. The second-order valence-corrected chi connectivity index (χ2v) is 6.81. The Labute approximate surface area is 163 Å². The van der Waals surface area contributed by atoms with E-state index >= 15 is 0 Å². The molecule has 3 rings (SSSR count). The van der Waals surface area contributed by atoms with Gasteiger partial charge in [0.05, 0.1) is 6.54 Å². The molecule has 1 N–H and O–H groups in total. The third-order valence-corrected chi connectivity index (χ3v) is 4.60. The number of carbonyl (C=O) groups is 2. The number of nitrogens with zero attached hydrogens (tertiary/aromatic N) is 2. The molecular formula is C21H24FN3O3. The van der Waals surface area contributed by atoms with Crippen molar-refractivity contribution >= 4 is 17.5 Å². The highest BCUT2D eigenvalue weighted by Gasteiger charge is 2.22. The molecule has 1 fully saturated rings. The molecule has 2 aromatic carbocycles. The van der Waals surface area contributed by atoms with Gasteiger partial charge in [-0.05, 0) is 43.3 Å². The first-order chi connectivity index (χ1) is 13.5. The van der Waals surface area contributed by atoms with Crippen LogP contribution in [0.3, 0.4) is 0 Å². The molecule has 0 aliphatic carbocycles. The van der Waals surface area contributed by atoms with Gasteiger partial charge in [0.1, 0.15) is 11.6 Å². The van der Waals surface area contributed by atoms with Crippen molar-refractivity contribution in [2.24, 2.45) is 0 Å². The summed E-state index contributed by atoms with van der Waals surface area (Å²) in [6, 6.07) is 13.2. The van der Waals surface area contributed by atoms with Crippen molar-refractivity contribution in [2.75, 3.05) is 44.6 Å². The number of benzene rings is 2. The number of piperazine rings is 1. The monoisotopic (exact) mass is 385 g/mol. The molecule has 1 aliphatic rings. The topological polar surface area (TPSA) is 61.9 Å². The number of carbonyl (C=O) groups excluding carboxylic acids is 2. The zero-order valence-electron chi connectivity index (χ0n) is 15.9. The van der Waals surface area contributed by atoms with Gasteiger partial charge in [0.2, 0.25) is 5.91 Å². The molecule has 0 bridgehead atoms. The van der Waals surface area contributed by atoms with E-state index in [0.717, 1.165) is 11.3 Å². The lowest BCUT2D eigenvalue weighted by atomic mass is 10.2. The average molecular weight is 385 g/mol. The standard InChI is InChI=1S/C21H24FN3O3/c1-16-2-6-18(7-3-16)23-20(26)14-24-10-12-25(13-11-24)21(27)15-28-19-8-4-17(22)5-9-19/h2-9H,10-15H2,1H3,(H,23,26). The van der Waals surface area contributed by atoms with Gasteiger partial charge in [0.25, 0.3) is 5.91 Å². The fourth-order valence-electron chi connectivity index (χ4n) is 2.96. The van der Waals surface area contributed by atoms with Crippen molar-refractivity contribution in [2.45, 2.75) is 6.92 Å². The summed E-state index contributed by atoms with van der Waals surface area (Å²) in [6.45, 7) is 4.55. The van der Waals surface area contributed by atoms with Crippen LogP contribution >= 0.6 is 0 Å². The van der Waals surface area contributed by atoms with Gasteiger partial charge in [-0.15, -0.1) is 0 Å². The molecule has 0 atom stereocenters. The number of anilines is 1. The SMILES string of the molecule is Cc1ccc(NC(=O)CN2CCN(C(=O)COc3ccc(F)cc3)CC2)cc1. The van der Waals surface area contributed by atoms with E-state index in [1.165, 1.54) is 24.3 Å². The van der Waals surface area contributed by atoms with E-state index in [1.807, 2.05) is 36.1 Å². The molecule has 0 saturated carbocycles. The number of aryl methyl sites for hydroxylation is 1. The summed E-state index contributed by atoms with van der Waals surface area (Å²) < 4.78 is 18.3. The van der Waals surface area contributed by atoms with Gasteiger partial charge < -0.3 is 15.0 Å². The highest BCUT2D eigenvalue weighted by Crippen LogP contribution is 2.12. The largest absolute Gasteiger partial charge is 0.484 e. The second-order valence-electron chi connectivity index (χ2n) is 6.81. The van der Waals surface area contributed by atoms with Crippen molar-refractivity contribution in [3.8, 4) is 5.75 Å². The van der Waals surface area contributed by atoms with E-state index in [0.29, 0.717) is 38.5 Å². The molecule has 2 amide bonds. The normalized spacial score (nSPS) is 14.6. The van der Waals surface area contributed by atoms with E-state index in [1.54, 1.807) is 4.90 Å². The third kappa shape index (κ3) is 5.79. The quantitative estimate of drug-likeness (QED) is 0.829. The van der Waals surface area contributed by atoms with Gasteiger partial charge in [0.15, 0.2) is 6.61 Å². The predicted molar refractivity (Wildman–Crippen MR) is 105 cm³/mol. The summed E-state index contributed by atoms with van der Waals surface area (Å²) >= 11 is 0. The molecule has 28 heavy (non-hydrogen) atoms. The van der Waals surface area contributed by atoms with Crippen molar-refractivity contribution in [3.05, 3.63) is 59.9 Å². The molecule has 1 heterocycles. The van der Waals surface area contributed by atoms with Crippen LogP contribution < -0.4 is 10.1 Å².